The molecule has 0 aliphatic heterocycles. The van der Waals surface area contributed by atoms with E-state index in [0.717, 1.165) is 32.0 Å². The van der Waals surface area contributed by atoms with E-state index in [1.165, 1.54) is 0 Å². The Morgan fingerprint density at radius 1 is 1.33 bits per heavy atom. The van der Waals surface area contributed by atoms with Crippen LogP contribution in [0.15, 0.2) is 0 Å². The number of hydrogen-bond acceptors (Lipinski definition) is 2. The second-order valence-electron chi connectivity index (χ2n) is 4.40. The Labute approximate surface area is 74.0 Å². The standard InChI is InChI=1S/C10H18O2/c1-10(2,7-11)8-5-3-4-6-9(8)12/h7-9,12H,3-6H2,1-2H3. The van der Waals surface area contributed by atoms with E-state index in [1.54, 1.807) is 0 Å². The molecule has 0 aromatic heterocycles. The van der Waals surface area contributed by atoms with Crippen LogP contribution in [0.5, 0.6) is 0 Å². The van der Waals surface area contributed by atoms with Gasteiger partial charge in [0, 0.05) is 5.41 Å². The van der Waals surface area contributed by atoms with E-state index in [9.17, 15) is 9.90 Å². The minimum absolute atomic E-state index is 0.170. The van der Waals surface area contributed by atoms with Crippen LogP contribution in [0.4, 0.5) is 0 Å². The molecule has 1 aliphatic carbocycles. The lowest BCUT2D eigenvalue weighted by Crippen LogP contribution is -2.37. The molecule has 0 heterocycles. The Bertz CT molecular complexity index is 163. The maximum atomic E-state index is 10.8. The monoisotopic (exact) mass is 170 g/mol. The van der Waals surface area contributed by atoms with Gasteiger partial charge >= 0.3 is 0 Å². The van der Waals surface area contributed by atoms with E-state index >= 15 is 0 Å². The maximum Gasteiger partial charge on any atom is 0.125 e. The predicted octanol–water partition coefficient (Wildman–Crippen LogP) is 1.76. The van der Waals surface area contributed by atoms with Crippen molar-refractivity contribution in [1.29, 1.82) is 0 Å². The van der Waals surface area contributed by atoms with Crippen molar-refractivity contribution in [3.63, 3.8) is 0 Å². The van der Waals surface area contributed by atoms with Gasteiger partial charge in [-0.1, -0.05) is 26.7 Å². The molecule has 2 nitrogen and oxygen atoms in total. The molecule has 0 aromatic rings. The van der Waals surface area contributed by atoms with E-state index in [0.29, 0.717) is 0 Å². The molecule has 1 N–H and O–H groups in total. The molecule has 0 spiro atoms. The molecule has 0 radical (unpaired) electrons. The first-order valence-corrected chi connectivity index (χ1v) is 4.72. The molecule has 0 aromatic carbocycles. The average Bonchev–Trinajstić information content (AvgIpc) is 2.05. The van der Waals surface area contributed by atoms with Crippen LogP contribution >= 0.6 is 0 Å². The van der Waals surface area contributed by atoms with Gasteiger partial charge in [-0.2, -0.15) is 0 Å². The SMILES string of the molecule is CC(C)(C=O)C1CCCCC1O. The molecule has 2 atom stereocenters. The van der Waals surface area contributed by atoms with Gasteiger partial charge in [-0.15, -0.1) is 0 Å². The summed E-state index contributed by atoms with van der Waals surface area (Å²) in [5, 5.41) is 9.68. The molecular weight excluding hydrogens is 152 g/mol. The van der Waals surface area contributed by atoms with E-state index in [-0.39, 0.29) is 17.4 Å². The average molecular weight is 170 g/mol. The number of rotatable bonds is 2. The van der Waals surface area contributed by atoms with Crippen LogP contribution in [0.25, 0.3) is 0 Å². The molecule has 0 saturated heterocycles. The molecule has 0 amide bonds. The first kappa shape index (κ1) is 9.72. The summed E-state index contributed by atoms with van der Waals surface area (Å²) in [6.45, 7) is 3.83. The topological polar surface area (TPSA) is 37.3 Å². The van der Waals surface area contributed by atoms with E-state index < -0.39 is 0 Å². The maximum absolute atomic E-state index is 10.8. The van der Waals surface area contributed by atoms with Crippen LogP contribution in [0.1, 0.15) is 39.5 Å². The third-order valence-electron chi connectivity index (χ3n) is 2.99. The largest absolute Gasteiger partial charge is 0.393 e. The van der Waals surface area contributed by atoms with Gasteiger partial charge in [-0.3, -0.25) is 0 Å². The van der Waals surface area contributed by atoms with Crippen molar-refractivity contribution in [1.82, 2.24) is 0 Å². The van der Waals surface area contributed by atoms with Gasteiger partial charge in [0.15, 0.2) is 0 Å². The molecule has 0 bridgehead atoms. The van der Waals surface area contributed by atoms with Crippen molar-refractivity contribution in [2.24, 2.45) is 11.3 Å². The first-order chi connectivity index (χ1) is 5.58. The van der Waals surface area contributed by atoms with Crippen molar-refractivity contribution in [3.05, 3.63) is 0 Å². The highest BCUT2D eigenvalue weighted by atomic mass is 16.3. The van der Waals surface area contributed by atoms with Gasteiger partial charge in [0.2, 0.25) is 0 Å². The Morgan fingerprint density at radius 2 is 1.92 bits per heavy atom. The lowest BCUT2D eigenvalue weighted by molar-refractivity contribution is -0.121. The highest BCUT2D eigenvalue weighted by molar-refractivity contribution is 5.58. The normalized spacial score (nSPS) is 31.6. The van der Waals surface area contributed by atoms with Gasteiger partial charge in [-0.05, 0) is 18.8 Å². The summed E-state index contributed by atoms with van der Waals surface area (Å²) in [7, 11) is 0. The van der Waals surface area contributed by atoms with Crippen molar-refractivity contribution in [2.75, 3.05) is 0 Å². The fraction of sp³-hybridized carbons (Fsp3) is 0.900. The lowest BCUT2D eigenvalue weighted by Gasteiger charge is -2.36. The lowest BCUT2D eigenvalue weighted by atomic mass is 9.70. The van der Waals surface area contributed by atoms with Gasteiger partial charge in [0.05, 0.1) is 6.10 Å². The van der Waals surface area contributed by atoms with Gasteiger partial charge < -0.3 is 9.90 Å². The highest BCUT2D eigenvalue weighted by Crippen LogP contribution is 2.36. The molecule has 1 aliphatic rings. The molecule has 1 fully saturated rings. The van der Waals surface area contributed by atoms with Gasteiger partial charge in [0.25, 0.3) is 0 Å². The van der Waals surface area contributed by atoms with Crippen molar-refractivity contribution in [2.45, 2.75) is 45.6 Å². The van der Waals surface area contributed by atoms with Crippen LogP contribution in [-0.4, -0.2) is 17.5 Å². The smallest absolute Gasteiger partial charge is 0.125 e. The Morgan fingerprint density at radius 3 is 2.42 bits per heavy atom. The zero-order valence-corrected chi connectivity index (χ0v) is 7.92. The van der Waals surface area contributed by atoms with Crippen LogP contribution in [0, 0.1) is 11.3 Å². The second-order valence-corrected chi connectivity index (χ2v) is 4.40. The van der Waals surface area contributed by atoms with Crippen molar-refractivity contribution in [3.8, 4) is 0 Å². The fourth-order valence-corrected chi connectivity index (χ4v) is 2.07. The summed E-state index contributed by atoms with van der Waals surface area (Å²) in [4.78, 5) is 10.8. The van der Waals surface area contributed by atoms with Crippen LogP contribution in [0.2, 0.25) is 0 Å². The molecule has 12 heavy (non-hydrogen) atoms. The Hall–Kier alpha value is -0.370. The third-order valence-corrected chi connectivity index (χ3v) is 2.99. The zero-order chi connectivity index (χ0) is 9.19. The second kappa shape index (κ2) is 3.56. The number of carbonyl (C=O) groups is 1. The van der Waals surface area contributed by atoms with Crippen LogP contribution < -0.4 is 0 Å². The molecule has 70 valence electrons. The number of aliphatic hydroxyl groups is 1. The molecule has 2 heteroatoms. The minimum Gasteiger partial charge on any atom is -0.393 e. The molecule has 2 unspecified atom stereocenters. The van der Waals surface area contributed by atoms with Crippen LogP contribution in [-0.2, 0) is 4.79 Å². The minimum atomic E-state index is -0.347. The number of carbonyl (C=O) groups excluding carboxylic acids is 1. The van der Waals surface area contributed by atoms with E-state index in [2.05, 4.69) is 0 Å². The van der Waals surface area contributed by atoms with Crippen molar-refractivity contribution >= 4 is 6.29 Å². The molecule has 1 rings (SSSR count). The predicted molar refractivity (Wildman–Crippen MR) is 47.8 cm³/mol. The summed E-state index contributed by atoms with van der Waals surface area (Å²) < 4.78 is 0. The van der Waals surface area contributed by atoms with E-state index in [1.807, 2.05) is 13.8 Å². The molecule has 1 saturated carbocycles. The highest BCUT2D eigenvalue weighted by Gasteiger charge is 2.35. The Balaban J connectivity index is 2.64. The number of aliphatic hydroxyl groups excluding tert-OH is 1. The van der Waals surface area contributed by atoms with Crippen molar-refractivity contribution < 1.29 is 9.90 Å². The number of aldehydes is 1. The van der Waals surface area contributed by atoms with E-state index in [4.69, 9.17) is 0 Å². The fourth-order valence-electron chi connectivity index (χ4n) is 2.07. The summed E-state index contributed by atoms with van der Waals surface area (Å²) in [6.07, 6.45) is 4.83. The zero-order valence-electron chi connectivity index (χ0n) is 7.92. The molecular formula is C10H18O2. The number of hydrogen-bond donors (Lipinski definition) is 1. The van der Waals surface area contributed by atoms with Crippen LogP contribution in [0.3, 0.4) is 0 Å². The third kappa shape index (κ3) is 1.86. The summed E-state index contributed by atoms with van der Waals surface area (Å²) >= 11 is 0. The van der Waals surface area contributed by atoms with Gasteiger partial charge in [-0.25, -0.2) is 0 Å². The Kier molecular flexibility index (Phi) is 2.89. The first-order valence-electron chi connectivity index (χ1n) is 4.72. The summed E-state index contributed by atoms with van der Waals surface area (Å²) in [5.41, 5.74) is -0.347. The quantitative estimate of drug-likeness (QED) is 0.641. The summed E-state index contributed by atoms with van der Waals surface area (Å²) in [6, 6.07) is 0. The summed E-state index contributed by atoms with van der Waals surface area (Å²) in [5.74, 6) is 0.170. The van der Waals surface area contributed by atoms with Gasteiger partial charge in [0.1, 0.15) is 6.29 Å².